The van der Waals surface area contributed by atoms with Crippen LogP contribution in [0.1, 0.15) is 15.9 Å². The fraction of sp³-hybridized carbons (Fsp3) is 0.273. The lowest BCUT2D eigenvalue weighted by atomic mass is 10.0. The number of hydrogen-bond donors (Lipinski definition) is 2. The van der Waals surface area contributed by atoms with Gasteiger partial charge in [-0.1, -0.05) is 36.4 Å². The summed E-state index contributed by atoms with van der Waals surface area (Å²) in [6.07, 6.45) is 0. The van der Waals surface area contributed by atoms with Crippen molar-refractivity contribution in [1.82, 2.24) is 15.5 Å². The van der Waals surface area contributed by atoms with Crippen LogP contribution in [-0.2, 0) is 15.2 Å². The molecule has 0 aromatic heterocycles. The van der Waals surface area contributed by atoms with Gasteiger partial charge in [-0.25, -0.2) is 9.98 Å². The zero-order valence-electron chi connectivity index (χ0n) is 17.0. The molecule has 0 bridgehead atoms. The molecule has 1 fully saturated rings. The molecular weight excluding hydrogens is 396 g/mol. The number of guanidine groups is 2. The summed E-state index contributed by atoms with van der Waals surface area (Å²) in [6, 6.07) is 16.3. The Balaban J connectivity index is 1.57. The summed E-state index contributed by atoms with van der Waals surface area (Å²) in [5, 5.41) is 5.92. The van der Waals surface area contributed by atoms with Crippen LogP contribution in [0.5, 0.6) is 0 Å². The number of carbonyl (C=O) groups is 2. The van der Waals surface area contributed by atoms with E-state index in [1.54, 1.807) is 36.2 Å². The van der Waals surface area contributed by atoms with Gasteiger partial charge in [-0.3, -0.25) is 20.2 Å². The summed E-state index contributed by atoms with van der Waals surface area (Å²) in [6.45, 7) is 2.35. The molecule has 5 rings (SSSR count). The third-order valence-electron chi connectivity index (χ3n) is 5.59. The van der Waals surface area contributed by atoms with Gasteiger partial charge in [0, 0.05) is 31.3 Å². The highest BCUT2D eigenvalue weighted by atomic mass is 16.5. The van der Waals surface area contributed by atoms with Crippen molar-refractivity contribution in [3.8, 4) is 0 Å². The predicted molar refractivity (Wildman–Crippen MR) is 116 cm³/mol. The molecule has 2 N–H and O–H groups in total. The van der Waals surface area contributed by atoms with Crippen molar-refractivity contribution in [2.45, 2.75) is 5.66 Å². The van der Waals surface area contributed by atoms with Gasteiger partial charge >= 0.3 is 0 Å². The van der Waals surface area contributed by atoms with Gasteiger partial charge in [-0.15, -0.1) is 0 Å². The van der Waals surface area contributed by atoms with Crippen molar-refractivity contribution in [3.05, 3.63) is 65.7 Å². The van der Waals surface area contributed by atoms with Crippen molar-refractivity contribution in [2.75, 3.05) is 38.3 Å². The highest BCUT2D eigenvalue weighted by molar-refractivity contribution is 6.15. The Hall–Kier alpha value is -3.72. The summed E-state index contributed by atoms with van der Waals surface area (Å²) in [5.41, 5.74) is 0.439. The van der Waals surface area contributed by atoms with Crippen molar-refractivity contribution in [2.24, 2.45) is 9.98 Å². The fourth-order valence-electron chi connectivity index (χ4n) is 3.99. The molecule has 1 atom stereocenters. The highest BCUT2D eigenvalue weighted by Gasteiger charge is 2.52. The SMILES string of the molecule is CN1C(=O)[C@@]2(N=C(NC(=O)c3ccccc3)NC(N3CCOCC3)=N2)c2ccccc21. The van der Waals surface area contributed by atoms with E-state index in [1.165, 1.54) is 0 Å². The lowest BCUT2D eigenvalue weighted by Crippen LogP contribution is -2.57. The van der Waals surface area contributed by atoms with Crippen molar-refractivity contribution in [3.63, 3.8) is 0 Å². The quantitative estimate of drug-likeness (QED) is 0.717. The standard InChI is InChI=1S/C22H22N6O3/c1-27-17-10-6-5-9-16(17)22(19(27)30)25-20(23-18(29)15-7-3-2-4-8-15)24-21(26-22)28-11-13-31-14-12-28/h2-10H,11-14H2,1H3,(H2,23,24,25,26,29)/t22-/m1/s1. The van der Waals surface area contributed by atoms with Crippen LogP contribution >= 0.6 is 0 Å². The normalized spacial score (nSPS) is 22.5. The lowest BCUT2D eigenvalue weighted by Gasteiger charge is -2.35. The smallest absolute Gasteiger partial charge is 0.282 e. The summed E-state index contributed by atoms with van der Waals surface area (Å²) in [5.74, 6) is 0.0774. The molecule has 2 aromatic rings. The Kier molecular flexibility index (Phi) is 4.67. The first-order valence-electron chi connectivity index (χ1n) is 10.1. The number of hydrogen-bond acceptors (Lipinski definition) is 7. The molecule has 3 aliphatic rings. The maximum atomic E-state index is 13.4. The zero-order valence-corrected chi connectivity index (χ0v) is 17.0. The van der Waals surface area contributed by atoms with Crippen LogP contribution < -0.4 is 15.5 Å². The number of fused-ring (bicyclic) bond motifs is 2. The van der Waals surface area contributed by atoms with E-state index in [-0.39, 0.29) is 17.8 Å². The molecule has 1 saturated heterocycles. The summed E-state index contributed by atoms with van der Waals surface area (Å²) < 4.78 is 5.45. The average Bonchev–Trinajstić information content (AvgIpc) is 3.02. The third kappa shape index (κ3) is 3.23. The Bertz CT molecular complexity index is 1090. The summed E-state index contributed by atoms with van der Waals surface area (Å²) in [4.78, 5) is 39.2. The zero-order chi connectivity index (χ0) is 21.4. The number of carbonyl (C=O) groups excluding carboxylic acids is 2. The molecule has 1 spiro atoms. The maximum absolute atomic E-state index is 13.4. The molecule has 0 aliphatic carbocycles. The summed E-state index contributed by atoms with van der Waals surface area (Å²) in [7, 11) is 1.71. The number of amides is 2. The van der Waals surface area contributed by atoms with Gasteiger partial charge in [0.2, 0.25) is 11.9 Å². The highest BCUT2D eigenvalue weighted by Crippen LogP contribution is 2.44. The number of likely N-dealkylation sites (N-methyl/N-ethyl adjacent to an activating group) is 1. The second-order valence-electron chi connectivity index (χ2n) is 7.49. The van der Waals surface area contributed by atoms with E-state index in [0.29, 0.717) is 43.4 Å². The first-order valence-corrected chi connectivity index (χ1v) is 10.1. The number of para-hydroxylation sites is 1. The van der Waals surface area contributed by atoms with E-state index >= 15 is 0 Å². The van der Waals surface area contributed by atoms with Crippen molar-refractivity contribution < 1.29 is 14.3 Å². The Morgan fingerprint density at radius 3 is 2.55 bits per heavy atom. The Labute approximate surface area is 179 Å². The first-order chi connectivity index (χ1) is 15.1. The number of rotatable bonds is 1. The van der Waals surface area contributed by atoms with E-state index in [2.05, 4.69) is 15.6 Å². The van der Waals surface area contributed by atoms with Gasteiger partial charge in [0.25, 0.3) is 17.5 Å². The Morgan fingerprint density at radius 2 is 1.77 bits per heavy atom. The first kappa shape index (κ1) is 19.3. The molecule has 0 radical (unpaired) electrons. The van der Waals surface area contributed by atoms with Crippen molar-refractivity contribution in [1.29, 1.82) is 0 Å². The number of benzene rings is 2. The van der Waals surface area contributed by atoms with Gasteiger partial charge in [0.15, 0.2) is 0 Å². The largest absolute Gasteiger partial charge is 0.378 e. The van der Waals surface area contributed by atoms with Crippen LogP contribution in [-0.4, -0.2) is 62.0 Å². The van der Waals surface area contributed by atoms with Crippen LogP contribution in [0.2, 0.25) is 0 Å². The fourth-order valence-corrected chi connectivity index (χ4v) is 3.99. The Morgan fingerprint density at radius 1 is 1.06 bits per heavy atom. The van der Waals surface area contributed by atoms with Crippen LogP contribution in [0, 0.1) is 0 Å². The molecule has 31 heavy (non-hydrogen) atoms. The van der Waals surface area contributed by atoms with Gasteiger partial charge < -0.3 is 14.5 Å². The number of ether oxygens (including phenoxy) is 1. The van der Waals surface area contributed by atoms with Gasteiger partial charge in [-0.05, 0) is 18.2 Å². The third-order valence-corrected chi connectivity index (χ3v) is 5.59. The topological polar surface area (TPSA) is 98.6 Å². The minimum absolute atomic E-state index is 0.184. The summed E-state index contributed by atoms with van der Waals surface area (Å²) >= 11 is 0. The molecule has 2 aromatic carbocycles. The molecule has 3 aliphatic heterocycles. The average molecular weight is 418 g/mol. The van der Waals surface area contributed by atoms with Gasteiger partial charge in [0.1, 0.15) is 0 Å². The number of nitrogens with one attached hydrogen (secondary N) is 2. The van der Waals surface area contributed by atoms with Gasteiger partial charge in [0.05, 0.1) is 18.9 Å². The molecule has 0 saturated carbocycles. The van der Waals surface area contributed by atoms with Crippen LogP contribution in [0.4, 0.5) is 5.69 Å². The molecule has 9 heteroatoms. The lowest BCUT2D eigenvalue weighted by molar-refractivity contribution is -0.122. The number of morpholine rings is 1. The van der Waals surface area contributed by atoms with E-state index < -0.39 is 5.66 Å². The number of anilines is 1. The molecule has 9 nitrogen and oxygen atoms in total. The minimum atomic E-state index is -1.48. The van der Waals surface area contributed by atoms with Crippen LogP contribution in [0.3, 0.4) is 0 Å². The molecule has 0 unspecified atom stereocenters. The second-order valence-corrected chi connectivity index (χ2v) is 7.49. The second kappa shape index (κ2) is 7.51. The minimum Gasteiger partial charge on any atom is -0.378 e. The van der Waals surface area contributed by atoms with E-state index in [0.717, 1.165) is 5.69 Å². The predicted octanol–water partition coefficient (Wildman–Crippen LogP) is 0.893. The van der Waals surface area contributed by atoms with Crippen LogP contribution in [0.15, 0.2) is 64.6 Å². The van der Waals surface area contributed by atoms with E-state index in [4.69, 9.17) is 9.73 Å². The molecule has 158 valence electrons. The maximum Gasteiger partial charge on any atom is 0.282 e. The van der Waals surface area contributed by atoms with Crippen molar-refractivity contribution >= 4 is 29.4 Å². The number of nitrogens with zero attached hydrogens (tertiary/aromatic N) is 4. The molecule has 3 heterocycles. The number of aliphatic imine (C=N–C) groups is 2. The van der Waals surface area contributed by atoms with Crippen LogP contribution in [0.25, 0.3) is 0 Å². The van der Waals surface area contributed by atoms with E-state index in [1.807, 2.05) is 35.2 Å². The molecular formula is C22H22N6O3. The molecule has 2 amide bonds. The van der Waals surface area contributed by atoms with E-state index in [9.17, 15) is 9.59 Å². The van der Waals surface area contributed by atoms with Gasteiger partial charge in [-0.2, -0.15) is 0 Å². The monoisotopic (exact) mass is 418 g/mol.